The predicted octanol–water partition coefficient (Wildman–Crippen LogP) is 3.76. The Bertz CT molecular complexity index is 1110. The summed E-state index contributed by atoms with van der Waals surface area (Å²) >= 11 is 0. The summed E-state index contributed by atoms with van der Waals surface area (Å²) in [5.74, 6) is 2.21. The number of methoxy groups -OCH3 is 2. The van der Waals surface area contributed by atoms with E-state index in [-0.39, 0.29) is 11.5 Å². The van der Waals surface area contributed by atoms with Gasteiger partial charge in [0.25, 0.3) is 5.91 Å². The molecule has 0 bridgehead atoms. The first-order chi connectivity index (χ1) is 14.2. The van der Waals surface area contributed by atoms with Crippen molar-refractivity contribution in [1.29, 1.82) is 0 Å². The maximum absolute atomic E-state index is 12.1. The lowest BCUT2D eigenvalue weighted by molar-refractivity contribution is 0.1000. The number of furan rings is 1. The number of aryl methyl sites for hydroxylation is 1. The van der Waals surface area contributed by atoms with Crippen LogP contribution in [0.4, 0.5) is 5.82 Å². The molecule has 1 aliphatic carbocycles. The molecular formula is C22H26N4O4. The first-order valence-corrected chi connectivity index (χ1v) is 9.86. The van der Waals surface area contributed by atoms with Crippen molar-refractivity contribution in [2.24, 2.45) is 5.73 Å². The van der Waals surface area contributed by atoms with Crippen LogP contribution in [0.25, 0.3) is 11.1 Å². The van der Waals surface area contributed by atoms with Crippen molar-refractivity contribution in [1.82, 2.24) is 9.97 Å². The number of anilines is 1. The van der Waals surface area contributed by atoms with Crippen molar-refractivity contribution in [3.63, 3.8) is 0 Å². The highest BCUT2D eigenvalue weighted by molar-refractivity contribution is 6.09. The van der Waals surface area contributed by atoms with Crippen LogP contribution in [0.2, 0.25) is 0 Å². The molecule has 1 aromatic carbocycles. The Morgan fingerprint density at radius 1 is 1.20 bits per heavy atom. The summed E-state index contributed by atoms with van der Waals surface area (Å²) in [6.07, 6.45) is 2.05. The van der Waals surface area contributed by atoms with Crippen LogP contribution < -0.4 is 20.5 Å². The summed E-state index contributed by atoms with van der Waals surface area (Å²) in [7, 11) is 3.22. The largest absolute Gasteiger partial charge is 0.497 e. The molecular weight excluding hydrogens is 384 g/mol. The number of carbonyl (C=O) groups is 1. The second kappa shape index (κ2) is 7.19. The summed E-state index contributed by atoms with van der Waals surface area (Å²) in [6.45, 7) is 5.83. The topological polar surface area (TPSA) is 112 Å². The van der Waals surface area contributed by atoms with Gasteiger partial charge in [-0.1, -0.05) is 6.92 Å². The van der Waals surface area contributed by atoms with E-state index in [1.807, 2.05) is 25.1 Å². The SMILES string of the molecule is COc1cc(OC)cc(C(C)c2nc(NC3(C)CC3)c3c(C(N)=O)c(C)oc3n2)c1. The van der Waals surface area contributed by atoms with E-state index in [9.17, 15) is 4.79 Å². The Morgan fingerprint density at radius 2 is 1.83 bits per heavy atom. The number of benzene rings is 1. The second-order valence-electron chi connectivity index (χ2n) is 8.06. The molecule has 0 saturated heterocycles. The summed E-state index contributed by atoms with van der Waals surface area (Å²) in [6, 6.07) is 5.67. The lowest BCUT2D eigenvalue weighted by Crippen LogP contribution is -2.20. The van der Waals surface area contributed by atoms with Crippen LogP contribution >= 0.6 is 0 Å². The molecule has 8 nitrogen and oxygen atoms in total. The zero-order chi connectivity index (χ0) is 21.6. The maximum Gasteiger partial charge on any atom is 0.253 e. The Morgan fingerprint density at radius 3 is 2.37 bits per heavy atom. The number of rotatable bonds is 7. The van der Waals surface area contributed by atoms with Gasteiger partial charge in [-0.25, -0.2) is 4.98 Å². The summed E-state index contributed by atoms with van der Waals surface area (Å²) in [5, 5.41) is 4.00. The Hall–Kier alpha value is -3.29. The van der Waals surface area contributed by atoms with E-state index in [0.717, 1.165) is 18.4 Å². The van der Waals surface area contributed by atoms with Gasteiger partial charge in [-0.15, -0.1) is 0 Å². The smallest absolute Gasteiger partial charge is 0.253 e. The fourth-order valence-electron chi connectivity index (χ4n) is 3.54. The van der Waals surface area contributed by atoms with Gasteiger partial charge in [-0.2, -0.15) is 4.98 Å². The number of amides is 1. The minimum Gasteiger partial charge on any atom is -0.497 e. The molecule has 4 rings (SSSR count). The Balaban J connectivity index is 1.86. The third-order valence-corrected chi connectivity index (χ3v) is 5.67. The molecule has 1 atom stereocenters. The molecule has 3 aromatic rings. The Labute approximate surface area is 174 Å². The minimum atomic E-state index is -0.558. The lowest BCUT2D eigenvalue weighted by atomic mass is 9.99. The quantitative estimate of drug-likeness (QED) is 0.610. The zero-order valence-electron chi connectivity index (χ0n) is 17.8. The van der Waals surface area contributed by atoms with Crippen LogP contribution in [0.15, 0.2) is 22.6 Å². The molecule has 8 heteroatoms. The molecule has 0 spiro atoms. The van der Waals surface area contributed by atoms with Gasteiger partial charge < -0.3 is 24.9 Å². The van der Waals surface area contributed by atoms with E-state index in [0.29, 0.717) is 45.6 Å². The Kier molecular flexibility index (Phi) is 4.80. The normalized spacial score (nSPS) is 15.6. The van der Waals surface area contributed by atoms with Crippen LogP contribution in [0, 0.1) is 6.92 Å². The van der Waals surface area contributed by atoms with Gasteiger partial charge in [-0.3, -0.25) is 4.79 Å². The molecule has 158 valence electrons. The number of nitrogens with two attached hydrogens (primary N) is 1. The number of carbonyl (C=O) groups excluding carboxylic acids is 1. The molecule has 0 aliphatic heterocycles. The summed E-state index contributed by atoms with van der Waals surface area (Å²) < 4.78 is 16.6. The number of aromatic nitrogens is 2. The van der Waals surface area contributed by atoms with Crippen molar-refractivity contribution >= 4 is 22.8 Å². The molecule has 2 aromatic heterocycles. The van der Waals surface area contributed by atoms with Crippen molar-refractivity contribution in [3.8, 4) is 11.5 Å². The maximum atomic E-state index is 12.1. The van der Waals surface area contributed by atoms with Crippen molar-refractivity contribution in [3.05, 3.63) is 40.9 Å². The molecule has 1 amide bonds. The van der Waals surface area contributed by atoms with E-state index >= 15 is 0 Å². The van der Waals surface area contributed by atoms with Crippen molar-refractivity contribution < 1.29 is 18.7 Å². The van der Waals surface area contributed by atoms with E-state index in [4.69, 9.17) is 24.6 Å². The zero-order valence-corrected chi connectivity index (χ0v) is 17.8. The van der Waals surface area contributed by atoms with E-state index in [2.05, 4.69) is 17.2 Å². The summed E-state index contributed by atoms with van der Waals surface area (Å²) in [4.78, 5) is 21.5. The highest BCUT2D eigenvalue weighted by atomic mass is 16.5. The van der Waals surface area contributed by atoms with Gasteiger partial charge in [0.05, 0.1) is 25.2 Å². The van der Waals surface area contributed by atoms with Crippen LogP contribution in [-0.4, -0.2) is 35.6 Å². The van der Waals surface area contributed by atoms with Crippen LogP contribution in [0.3, 0.4) is 0 Å². The fourth-order valence-corrected chi connectivity index (χ4v) is 3.54. The number of hydrogen-bond donors (Lipinski definition) is 2. The molecule has 1 fully saturated rings. The van der Waals surface area contributed by atoms with Crippen LogP contribution in [-0.2, 0) is 0 Å². The van der Waals surface area contributed by atoms with Crippen molar-refractivity contribution in [2.75, 3.05) is 19.5 Å². The molecule has 3 N–H and O–H groups in total. The van der Waals surface area contributed by atoms with Gasteiger partial charge in [0.15, 0.2) is 0 Å². The monoisotopic (exact) mass is 410 g/mol. The molecule has 1 unspecified atom stereocenters. The third kappa shape index (κ3) is 3.53. The highest BCUT2D eigenvalue weighted by Crippen LogP contribution is 2.41. The minimum absolute atomic E-state index is 0.0545. The number of primary amides is 1. The first kappa shape index (κ1) is 20.0. The van der Waals surface area contributed by atoms with Crippen molar-refractivity contribution in [2.45, 2.75) is 45.1 Å². The number of fused-ring (bicyclic) bond motifs is 1. The summed E-state index contributed by atoms with van der Waals surface area (Å²) in [5.41, 5.74) is 7.16. The van der Waals surface area contributed by atoms with Crippen LogP contribution in [0.5, 0.6) is 11.5 Å². The fraction of sp³-hybridized carbons (Fsp3) is 0.409. The number of hydrogen-bond acceptors (Lipinski definition) is 7. The van der Waals surface area contributed by atoms with Gasteiger partial charge in [0.2, 0.25) is 5.71 Å². The van der Waals surface area contributed by atoms with E-state index in [1.54, 1.807) is 21.1 Å². The molecule has 2 heterocycles. The molecule has 30 heavy (non-hydrogen) atoms. The van der Waals surface area contributed by atoms with Gasteiger partial charge in [-0.05, 0) is 44.4 Å². The third-order valence-electron chi connectivity index (χ3n) is 5.67. The molecule has 1 aliphatic rings. The second-order valence-corrected chi connectivity index (χ2v) is 8.06. The van der Waals surface area contributed by atoms with Gasteiger partial charge >= 0.3 is 0 Å². The number of nitrogens with zero attached hydrogens (tertiary/aromatic N) is 2. The van der Waals surface area contributed by atoms with Crippen LogP contribution in [0.1, 0.15) is 60.1 Å². The van der Waals surface area contributed by atoms with E-state index < -0.39 is 5.91 Å². The molecule has 0 radical (unpaired) electrons. The lowest BCUT2D eigenvalue weighted by Gasteiger charge is -2.17. The number of ether oxygens (including phenoxy) is 2. The standard InChI is InChI=1S/C22H26N4O4/c1-11(13-8-14(28-4)10-15(9-13)29-5)19-24-20(26-22(3)6-7-22)17-16(18(23)27)12(2)30-21(17)25-19/h8-11H,6-7H2,1-5H3,(H2,23,27)(H,24,25,26). The first-order valence-electron chi connectivity index (χ1n) is 9.86. The average molecular weight is 410 g/mol. The van der Waals surface area contributed by atoms with Gasteiger partial charge in [0.1, 0.15) is 28.9 Å². The average Bonchev–Trinajstić information content (AvgIpc) is 3.33. The van der Waals surface area contributed by atoms with E-state index in [1.165, 1.54) is 0 Å². The number of nitrogens with one attached hydrogen (secondary N) is 1. The molecule has 1 saturated carbocycles. The predicted molar refractivity (Wildman–Crippen MR) is 113 cm³/mol. The highest BCUT2D eigenvalue weighted by Gasteiger charge is 2.39. The van der Waals surface area contributed by atoms with Gasteiger partial charge in [0, 0.05) is 17.5 Å².